The molecular formula is C16H18N3O3S3+. The number of rotatable bonds is 6. The van der Waals surface area contributed by atoms with Crippen molar-refractivity contribution in [2.75, 3.05) is 44.3 Å². The van der Waals surface area contributed by atoms with Crippen LogP contribution in [0.2, 0.25) is 0 Å². The summed E-state index contributed by atoms with van der Waals surface area (Å²) in [4.78, 5) is 15.4. The molecule has 0 unspecified atom stereocenters. The molecule has 3 aromatic heterocycles. The van der Waals surface area contributed by atoms with Crippen LogP contribution >= 0.6 is 34.6 Å². The Balaban J connectivity index is 1.49. The number of thiophene rings is 1. The first-order chi connectivity index (χ1) is 12.2. The van der Waals surface area contributed by atoms with Gasteiger partial charge in [0, 0.05) is 5.75 Å². The van der Waals surface area contributed by atoms with Crippen molar-refractivity contribution in [3.8, 4) is 0 Å². The van der Waals surface area contributed by atoms with Gasteiger partial charge in [-0.3, -0.25) is 4.79 Å². The molecule has 4 rings (SSSR count). The highest BCUT2D eigenvalue weighted by molar-refractivity contribution is 8.01. The monoisotopic (exact) mass is 396 g/mol. The smallest absolute Gasteiger partial charge is 0.240 e. The number of quaternary nitrogens is 1. The Morgan fingerprint density at radius 2 is 2.24 bits per heavy atom. The molecule has 0 spiro atoms. The van der Waals surface area contributed by atoms with E-state index in [1.165, 1.54) is 29.1 Å². The number of ether oxygens (including phenoxy) is 1. The molecule has 4 heterocycles. The lowest BCUT2D eigenvalue weighted by Gasteiger charge is -2.23. The Kier molecular flexibility index (Phi) is 5.09. The molecule has 1 fully saturated rings. The number of nitrogens with two attached hydrogens (primary N) is 1. The topological polar surface area (TPSA) is 82.8 Å². The number of nitrogens with zero attached hydrogens (tertiary/aromatic N) is 1. The summed E-state index contributed by atoms with van der Waals surface area (Å²) in [5.41, 5.74) is 6.81. The van der Waals surface area contributed by atoms with Crippen molar-refractivity contribution in [1.82, 2.24) is 4.37 Å². The summed E-state index contributed by atoms with van der Waals surface area (Å²) in [6.45, 7) is 4.93. The van der Waals surface area contributed by atoms with Gasteiger partial charge in [0.25, 0.3) is 0 Å². The fourth-order valence-corrected chi connectivity index (χ4v) is 6.16. The molecule has 1 aliphatic rings. The number of morpholine rings is 1. The highest BCUT2D eigenvalue weighted by atomic mass is 32.2. The van der Waals surface area contributed by atoms with Crippen LogP contribution in [0.4, 0.5) is 5.69 Å². The molecule has 0 aliphatic carbocycles. The molecule has 1 saturated heterocycles. The van der Waals surface area contributed by atoms with E-state index in [0.717, 1.165) is 53.0 Å². The van der Waals surface area contributed by atoms with Crippen LogP contribution in [0.15, 0.2) is 27.0 Å². The van der Waals surface area contributed by atoms with Crippen LogP contribution < -0.4 is 10.6 Å². The molecule has 3 aromatic rings. The van der Waals surface area contributed by atoms with Gasteiger partial charge in [-0.1, -0.05) is 0 Å². The number of nitrogen functional groups attached to an aromatic ring is 1. The summed E-state index contributed by atoms with van der Waals surface area (Å²) in [6, 6.07) is 3.36. The third-order valence-electron chi connectivity index (χ3n) is 4.18. The number of carbonyl (C=O) groups excluding carboxylic acids is 1. The van der Waals surface area contributed by atoms with E-state index >= 15 is 0 Å². The van der Waals surface area contributed by atoms with E-state index in [4.69, 9.17) is 14.9 Å². The van der Waals surface area contributed by atoms with Crippen LogP contribution in [0.25, 0.3) is 10.2 Å². The Morgan fingerprint density at radius 1 is 1.40 bits per heavy atom. The summed E-state index contributed by atoms with van der Waals surface area (Å²) in [5, 5.41) is 0.923. The highest BCUT2D eigenvalue weighted by Gasteiger charge is 2.24. The maximum atomic E-state index is 12.5. The van der Waals surface area contributed by atoms with Gasteiger partial charge in [0.05, 0.1) is 41.3 Å². The molecule has 0 amide bonds. The zero-order valence-electron chi connectivity index (χ0n) is 13.4. The Labute approximate surface area is 157 Å². The van der Waals surface area contributed by atoms with E-state index in [1.807, 2.05) is 0 Å². The third kappa shape index (κ3) is 3.47. The molecule has 25 heavy (non-hydrogen) atoms. The van der Waals surface area contributed by atoms with E-state index in [-0.39, 0.29) is 5.78 Å². The molecule has 132 valence electrons. The molecule has 9 heteroatoms. The zero-order chi connectivity index (χ0) is 17.2. The fraction of sp³-hybridized carbons (Fsp3) is 0.375. The molecule has 0 radical (unpaired) electrons. The minimum Gasteiger partial charge on any atom is -0.461 e. The fourth-order valence-electron chi connectivity index (χ4n) is 2.81. The first-order valence-electron chi connectivity index (χ1n) is 8.04. The van der Waals surface area contributed by atoms with E-state index in [0.29, 0.717) is 16.3 Å². The van der Waals surface area contributed by atoms with Gasteiger partial charge in [-0.2, -0.15) is 4.37 Å². The molecule has 1 aliphatic heterocycles. The number of hydrogen-bond donors (Lipinski definition) is 2. The van der Waals surface area contributed by atoms with Crippen LogP contribution in [-0.2, 0) is 4.74 Å². The SMILES string of the molecule is Nc1c(C(=O)c2ccco2)sc2nsc(SCC[NH+]3CCOCC3)c12. The average Bonchev–Trinajstić information content (AvgIpc) is 3.35. The maximum Gasteiger partial charge on any atom is 0.240 e. The van der Waals surface area contributed by atoms with Crippen molar-refractivity contribution in [2.45, 2.75) is 4.21 Å². The van der Waals surface area contributed by atoms with Crippen molar-refractivity contribution in [3.63, 3.8) is 0 Å². The number of thioether (sulfide) groups is 1. The molecule has 0 saturated carbocycles. The van der Waals surface area contributed by atoms with Crippen LogP contribution in [0, 0.1) is 0 Å². The lowest BCUT2D eigenvalue weighted by atomic mass is 10.2. The van der Waals surface area contributed by atoms with Crippen LogP contribution in [0.1, 0.15) is 15.4 Å². The van der Waals surface area contributed by atoms with Gasteiger partial charge in [-0.25, -0.2) is 0 Å². The number of hydrogen-bond acceptors (Lipinski definition) is 8. The standard InChI is InChI=1S/C16H17N3O3S3/c17-12-11-15(24-14(12)13(20)10-2-1-6-22-10)18-25-16(11)23-9-5-19-3-7-21-8-4-19/h1-2,6H,3-5,7-9,17H2/p+1. The van der Waals surface area contributed by atoms with E-state index in [9.17, 15) is 4.79 Å². The van der Waals surface area contributed by atoms with Crippen LogP contribution in [-0.4, -0.2) is 48.8 Å². The minimum atomic E-state index is -0.177. The first-order valence-corrected chi connectivity index (χ1v) is 10.6. The Morgan fingerprint density at radius 3 is 3.00 bits per heavy atom. The quantitative estimate of drug-likeness (QED) is 0.488. The second kappa shape index (κ2) is 7.46. The molecule has 0 atom stereocenters. The van der Waals surface area contributed by atoms with E-state index < -0.39 is 0 Å². The number of furan rings is 1. The number of aromatic nitrogens is 1. The second-order valence-electron chi connectivity index (χ2n) is 5.76. The van der Waals surface area contributed by atoms with Gasteiger partial charge < -0.3 is 19.8 Å². The number of anilines is 1. The number of ketones is 1. The number of fused-ring (bicyclic) bond motifs is 1. The number of nitrogens with one attached hydrogen (secondary N) is 1. The van der Waals surface area contributed by atoms with Crippen molar-refractivity contribution in [3.05, 3.63) is 29.0 Å². The van der Waals surface area contributed by atoms with E-state index in [2.05, 4.69) is 4.37 Å². The van der Waals surface area contributed by atoms with Crippen LogP contribution in [0.5, 0.6) is 0 Å². The van der Waals surface area contributed by atoms with Gasteiger partial charge in [0.2, 0.25) is 5.78 Å². The van der Waals surface area contributed by atoms with Gasteiger partial charge in [0.1, 0.15) is 22.8 Å². The van der Waals surface area contributed by atoms with E-state index in [1.54, 1.807) is 28.8 Å². The first kappa shape index (κ1) is 17.0. The summed E-state index contributed by atoms with van der Waals surface area (Å²) >= 11 is 4.58. The van der Waals surface area contributed by atoms with Gasteiger partial charge in [-0.15, -0.1) is 23.1 Å². The predicted octanol–water partition coefficient (Wildman–Crippen LogP) is 1.77. The van der Waals surface area contributed by atoms with Crippen molar-refractivity contribution in [2.24, 2.45) is 0 Å². The average molecular weight is 397 g/mol. The predicted molar refractivity (Wildman–Crippen MR) is 101 cm³/mol. The lowest BCUT2D eigenvalue weighted by Crippen LogP contribution is -3.14. The number of carbonyl (C=O) groups is 1. The molecule has 0 bridgehead atoms. The maximum absolute atomic E-state index is 12.5. The Hall–Kier alpha value is -1.39. The third-order valence-corrected chi connectivity index (χ3v) is 7.49. The van der Waals surface area contributed by atoms with Crippen molar-refractivity contribution < 1.29 is 18.8 Å². The molecular weight excluding hydrogens is 378 g/mol. The highest BCUT2D eigenvalue weighted by Crippen LogP contribution is 2.42. The molecule has 0 aromatic carbocycles. The van der Waals surface area contributed by atoms with Gasteiger partial charge >= 0.3 is 0 Å². The largest absolute Gasteiger partial charge is 0.461 e. The molecule has 6 nitrogen and oxygen atoms in total. The van der Waals surface area contributed by atoms with Crippen molar-refractivity contribution in [1.29, 1.82) is 0 Å². The summed E-state index contributed by atoms with van der Waals surface area (Å²) in [5.74, 6) is 1.14. The summed E-state index contributed by atoms with van der Waals surface area (Å²) in [7, 11) is 0. The summed E-state index contributed by atoms with van der Waals surface area (Å²) in [6.07, 6.45) is 1.49. The molecule has 3 N–H and O–H groups in total. The summed E-state index contributed by atoms with van der Waals surface area (Å²) < 4.78 is 16.2. The lowest BCUT2D eigenvalue weighted by molar-refractivity contribution is -0.905. The van der Waals surface area contributed by atoms with Crippen LogP contribution in [0.3, 0.4) is 0 Å². The van der Waals surface area contributed by atoms with Crippen molar-refractivity contribution >= 4 is 56.3 Å². The normalized spacial score (nSPS) is 15.8. The second-order valence-corrected chi connectivity index (χ2v) is 8.90. The van der Waals surface area contributed by atoms with Gasteiger partial charge in [-0.05, 0) is 23.7 Å². The van der Waals surface area contributed by atoms with Gasteiger partial charge in [0.15, 0.2) is 5.76 Å². The Bertz CT molecular complexity index is 866. The zero-order valence-corrected chi connectivity index (χ0v) is 15.9. The minimum absolute atomic E-state index is 0.177.